The summed E-state index contributed by atoms with van der Waals surface area (Å²) >= 11 is 3.41. The van der Waals surface area contributed by atoms with Crippen LogP contribution in [0.25, 0.3) is 11.0 Å². The van der Waals surface area contributed by atoms with Crippen molar-refractivity contribution in [3.05, 3.63) is 52.7 Å². The number of carbonyl (C=O) groups is 1. The molecule has 0 bridgehead atoms. The molecule has 0 saturated heterocycles. The Morgan fingerprint density at radius 3 is 2.57 bits per heavy atom. The van der Waals surface area contributed by atoms with E-state index in [4.69, 9.17) is 13.9 Å². The molecule has 5 nitrogen and oxygen atoms in total. The minimum Gasteiger partial charge on any atom is -0.493 e. The average Bonchev–Trinajstić information content (AvgIpc) is 3.00. The number of amides is 1. The summed E-state index contributed by atoms with van der Waals surface area (Å²) in [6, 6.07) is 12.5. The number of hydrogen-bond donors (Lipinski definition) is 1. The van der Waals surface area contributed by atoms with E-state index < -0.39 is 0 Å². The fourth-order valence-electron chi connectivity index (χ4n) is 2.25. The molecule has 0 aliphatic rings. The zero-order chi connectivity index (χ0) is 16.4. The van der Waals surface area contributed by atoms with Crippen LogP contribution in [0.2, 0.25) is 0 Å². The number of fused-ring (bicyclic) bond motifs is 1. The largest absolute Gasteiger partial charge is 0.493 e. The predicted octanol–water partition coefficient (Wildman–Crippen LogP) is 4.46. The zero-order valence-corrected chi connectivity index (χ0v) is 14.1. The first kappa shape index (κ1) is 15.4. The first-order valence-corrected chi connectivity index (χ1v) is 7.63. The molecular weight excluding hydrogens is 362 g/mol. The third kappa shape index (κ3) is 3.03. The van der Waals surface area contributed by atoms with Gasteiger partial charge in [-0.2, -0.15) is 0 Å². The molecule has 0 aliphatic heterocycles. The van der Waals surface area contributed by atoms with Gasteiger partial charge in [-0.3, -0.25) is 4.79 Å². The van der Waals surface area contributed by atoms with E-state index in [1.54, 1.807) is 38.5 Å². The molecule has 0 fully saturated rings. The summed E-state index contributed by atoms with van der Waals surface area (Å²) in [4.78, 5) is 12.4. The van der Waals surface area contributed by atoms with Crippen molar-refractivity contribution in [2.45, 2.75) is 0 Å². The number of methoxy groups -OCH3 is 2. The number of rotatable bonds is 4. The Hall–Kier alpha value is -2.47. The molecule has 6 heteroatoms. The molecule has 0 aliphatic carbocycles. The van der Waals surface area contributed by atoms with Crippen LogP contribution in [0.4, 0.5) is 5.69 Å². The van der Waals surface area contributed by atoms with Crippen molar-refractivity contribution in [3.8, 4) is 11.5 Å². The highest BCUT2D eigenvalue weighted by Crippen LogP contribution is 2.31. The van der Waals surface area contributed by atoms with Crippen LogP contribution >= 0.6 is 15.9 Å². The molecule has 1 N–H and O–H groups in total. The molecule has 0 spiro atoms. The molecule has 3 aromatic rings. The lowest BCUT2D eigenvalue weighted by Gasteiger charge is -2.09. The maximum Gasteiger partial charge on any atom is 0.291 e. The monoisotopic (exact) mass is 375 g/mol. The van der Waals surface area contributed by atoms with Crippen molar-refractivity contribution in [2.24, 2.45) is 0 Å². The number of anilines is 1. The van der Waals surface area contributed by atoms with Crippen molar-refractivity contribution in [2.75, 3.05) is 19.5 Å². The Bertz CT molecular complexity index is 872. The van der Waals surface area contributed by atoms with Crippen LogP contribution < -0.4 is 14.8 Å². The lowest BCUT2D eigenvalue weighted by molar-refractivity contribution is 0.0998. The highest BCUT2D eigenvalue weighted by molar-refractivity contribution is 9.10. The van der Waals surface area contributed by atoms with Crippen LogP contribution in [0.3, 0.4) is 0 Å². The van der Waals surface area contributed by atoms with E-state index in [-0.39, 0.29) is 11.7 Å². The Kier molecular flexibility index (Phi) is 4.25. The Morgan fingerprint density at radius 2 is 1.87 bits per heavy atom. The fraction of sp³-hybridized carbons (Fsp3) is 0.118. The molecule has 0 atom stereocenters. The second-order valence-electron chi connectivity index (χ2n) is 4.79. The molecule has 1 heterocycles. The van der Waals surface area contributed by atoms with E-state index in [1.165, 1.54) is 0 Å². The van der Waals surface area contributed by atoms with Crippen LogP contribution in [0.1, 0.15) is 10.6 Å². The van der Waals surface area contributed by atoms with Crippen LogP contribution in [-0.2, 0) is 0 Å². The molecule has 2 aromatic carbocycles. The van der Waals surface area contributed by atoms with Gasteiger partial charge in [0.1, 0.15) is 5.58 Å². The van der Waals surface area contributed by atoms with E-state index in [9.17, 15) is 4.79 Å². The van der Waals surface area contributed by atoms with Crippen LogP contribution in [0.5, 0.6) is 11.5 Å². The van der Waals surface area contributed by atoms with Gasteiger partial charge in [0.25, 0.3) is 5.91 Å². The zero-order valence-electron chi connectivity index (χ0n) is 12.6. The number of benzene rings is 2. The maximum atomic E-state index is 12.4. The van der Waals surface area contributed by atoms with E-state index >= 15 is 0 Å². The Morgan fingerprint density at radius 1 is 1.09 bits per heavy atom. The third-order valence-corrected chi connectivity index (χ3v) is 3.99. The normalized spacial score (nSPS) is 10.6. The first-order valence-electron chi connectivity index (χ1n) is 6.84. The van der Waals surface area contributed by atoms with Crippen molar-refractivity contribution in [1.29, 1.82) is 0 Å². The quantitative estimate of drug-likeness (QED) is 0.730. The summed E-state index contributed by atoms with van der Waals surface area (Å²) in [6.45, 7) is 0. The molecular formula is C17H14BrNO4. The molecule has 1 amide bonds. The molecule has 0 saturated carbocycles. The summed E-state index contributed by atoms with van der Waals surface area (Å²) < 4.78 is 16.8. The van der Waals surface area contributed by atoms with Gasteiger partial charge in [-0.15, -0.1) is 0 Å². The van der Waals surface area contributed by atoms with E-state index in [0.717, 1.165) is 9.86 Å². The molecule has 0 radical (unpaired) electrons. The number of ether oxygens (including phenoxy) is 2. The number of nitrogens with one attached hydrogen (secondary N) is 1. The van der Waals surface area contributed by atoms with Crippen molar-refractivity contribution >= 4 is 38.5 Å². The van der Waals surface area contributed by atoms with Gasteiger partial charge in [-0.1, -0.05) is 12.1 Å². The van der Waals surface area contributed by atoms with Gasteiger partial charge < -0.3 is 19.2 Å². The van der Waals surface area contributed by atoms with Crippen LogP contribution in [-0.4, -0.2) is 20.1 Å². The first-order chi connectivity index (χ1) is 11.1. The molecule has 1 aromatic heterocycles. The topological polar surface area (TPSA) is 60.7 Å². The summed E-state index contributed by atoms with van der Waals surface area (Å²) in [5, 5.41) is 3.64. The molecule has 118 valence electrons. The van der Waals surface area contributed by atoms with E-state index in [0.29, 0.717) is 22.8 Å². The molecule has 23 heavy (non-hydrogen) atoms. The van der Waals surface area contributed by atoms with Gasteiger partial charge in [0, 0.05) is 17.1 Å². The number of furan rings is 1. The Balaban J connectivity index is 1.87. The van der Waals surface area contributed by atoms with Crippen LogP contribution in [0, 0.1) is 0 Å². The lowest BCUT2D eigenvalue weighted by Crippen LogP contribution is -2.10. The number of carbonyl (C=O) groups excluding carboxylic acids is 1. The summed E-state index contributed by atoms with van der Waals surface area (Å²) in [7, 11) is 3.10. The standard InChI is InChI=1S/C17H14BrNO4/c1-21-13-7-6-11(9-14(13)22-2)19-17(20)15-8-10-4-3-5-12(18)16(10)23-15/h3-9H,1-2H3,(H,19,20). The minimum absolute atomic E-state index is 0.238. The highest BCUT2D eigenvalue weighted by atomic mass is 79.9. The second kappa shape index (κ2) is 6.34. The van der Waals surface area contributed by atoms with E-state index in [2.05, 4.69) is 21.2 Å². The smallest absolute Gasteiger partial charge is 0.291 e. The van der Waals surface area contributed by atoms with Crippen molar-refractivity contribution in [1.82, 2.24) is 0 Å². The van der Waals surface area contributed by atoms with Crippen molar-refractivity contribution in [3.63, 3.8) is 0 Å². The van der Waals surface area contributed by atoms with Gasteiger partial charge in [-0.05, 0) is 40.2 Å². The number of halogens is 1. The second-order valence-corrected chi connectivity index (χ2v) is 5.65. The fourth-order valence-corrected chi connectivity index (χ4v) is 2.71. The Labute approximate surface area is 141 Å². The molecule has 0 unspecified atom stereocenters. The van der Waals surface area contributed by atoms with Crippen molar-refractivity contribution < 1.29 is 18.7 Å². The summed E-state index contributed by atoms with van der Waals surface area (Å²) in [6.07, 6.45) is 0. The van der Waals surface area contributed by atoms with Gasteiger partial charge in [0.15, 0.2) is 17.3 Å². The molecule has 3 rings (SSSR count). The average molecular weight is 376 g/mol. The number of hydrogen-bond acceptors (Lipinski definition) is 4. The predicted molar refractivity (Wildman–Crippen MR) is 91.4 cm³/mol. The van der Waals surface area contributed by atoms with Gasteiger partial charge in [0.2, 0.25) is 0 Å². The number of para-hydroxylation sites is 1. The summed E-state index contributed by atoms with van der Waals surface area (Å²) in [5.41, 5.74) is 1.23. The highest BCUT2D eigenvalue weighted by Gasteiger charge is 2.15. The van der Waals surface area contributed by atoms with Crippen LogP contribution in [0.15, 0.2) is 51.4 Å². The van der Waals surface area contributed by atoms with Gasteiger partial charge in [-0.25, -0.2) is 0 Å². The maximum absolute atomic E-state index is 12.4. The van der Waals surface area contributed by atoms with Gasteiger partial charge in [0.05, 0.1) is 18.7 Å². The SMILES string of the molecule is COc1ccc(NC(=O)c2cc3cccc(Br)c3o2)cc1OC. The van der Waals surface area contributed by atoms with Gasteiger partial charge >= 0.3 is 0 Å². The lowest BCUT2D eigenvalue weighted by atomic mass is 10.2. The minimum atomic E-state index is -0.333. The van der Waals surface area contributed by atoms with E-state index in [1.807, 2.05) is 18.2 Å². The summed E-state index contributed by atoms with van der Waals surface area (Å²) in [5.74, 6) is 1.04. The third-order valence-electron chi connectivity index (χ3n) is 3.36.